The van der Waals surface area contributed by atoms with Gasteiger partial charge in [-0.2, -0.15) is 0 Å². The zero-order chi connectivity index (χ0) is 31.6. The quantitative estimate of drug-likeness (QED) is 0.273. The molecule has 0 bridgehead atoms. The zero-order valence-electron chi connectivity index (χ0n) is 24.6. The number of allylic oxidation sites excluding steroid dienone is 2. The van der Waals surface area contributed by atoms with Gasteiger partial charge in [-0.15, -0.1) is 0 Å². The first-order valence-corrected chi connectivity index (χ1v) is 13.8. The molecule has 0 aliphatic carbocycles. The summed E-state index contributed by atoms with van der Waals surface area (Å²) < 4.78 is 0. The Balaban J connectivity index is 1.91. The Morgan fingerprint density at radius 3 is 1.95 bits per heavy atom. The molecule has 0 saturated heterocycles. The molecule has 10 heteroatoms. The van der Waals surface area contributed by atoms with Crippen LogP contribution < -0.4 is 16.0 Å². The van der Waals surface area contributed by atoms with E-state index < -0.39 is 11.9 Å². The molecule has 43 heavy (non-hydrogen) atoms. The smallest absolute Gasteiger partial charge is 0.303 e. The lowest BCUT2D eigenvalue weighted by Crippen LogP contribution is -2.15. The fourth-order valence-corrected chi connectivity index (χ4v) is 5.35. The maximum atomic E-state index is 12.3. The minimum absolute atomic E-state index is 0.0917. The van der Waals surface area contributed by atoms with Crippen LogP contribution in [0.3, 0.4) is 0 Å². The predicted octanol–water partition coefficient (Wildman–Crippen LogP) is 3.06. The Bertz CT molecular complexity index is 1860. The van der Waals surface area contributed by atoms with Crippen molar-refractivity contribution in [1.29, 1.82) is 0 Å². The Morgan fingerprint density at radius 2 is 1.40 bits per heavy atom. The number of carboxylic acids is 2. The number of carbonyl (C=O) groups is 4. The molecule has 0 unspecified atom stereocenters. The van der Waals surface area contributed by atoms with Gasteiger partial charge in [-0.05, 0) is 92.2 Å². The highest BCUT2D eigenvalue weighted by Crippen LogP contribution is 2.27. The number of nitrogens with zero attached hydrogens (tertiary/aromatic N) is 1. The second-order valence-electron chi connectivity index (χ2n) is 10.5. The van der Waals surface area contributed by atoms with E-state index in [0.717, 1.165) is 27.8 Å². The molecular formula is C33H34N4O6. The first-order chi connectivity index (χ1) is 20.4. The topological polar surface area (TPSA) is 165 Å². The molecule has 2 amide bonds. The molecule has 4 rings (SSSR count). The first-order valence-electron chi connectivity index (χ1n) is 13.8. The molecule has 0 saturated carbocycles. The van der Waals surface area contributed by atoms with Gasteiger partial charge < -0.3 is 25.5 Å². The molecule has 0 aromatic carbocycles. The fraction of sp³-hybridized carbons (Fsp3) is 0.242. The van der Waals surface area contributed by atoms with Gasteiger partial charge in [-0.25, -0.2) is 4.99 Å². The molecule has 10 nitrogen and oxygen atoms in total. The van der Waals surface area contributed by atoms with Crippen molar-refractivity contribution < 1.29 is 29.4 Å². The van der Waals surface area contributed by atoms with Gasteiger partial charge in [0.2, 0.25) is 0 Å². The van der Waals surface area contributed by atoms with Crippen molar-refractivity contribution in [2.24, 2.45) is 4.99 Å². The predicted molar refractivity (Wildman–Crippen MR) is 165 cm³/mol. The number of aromatic nitrogens is 2. The Kier molecular flexibility index (Phi) is 8.80. The summed E-state index contributed by atoms with van der Waals surface area (Å²) in [5.74, 6) is -2.48. The molecule has 5 N–H and O–H groups in total. The summed E-state index contributed by atoms with van der Waals surface area (Å²) in [6.07, 6.45) is 8.72. The second-order valence-corrected chi connectivity index (χ2v) is 10.5. The number of amides is 2. The van der Waals surface area contributed by atoms with Gasteiger partial charge in [0.15, 0.2) is 0 Å². The highest BCUT2D eigenvalue weighted by molar-refractivity contribution is 6.31. The number of aliphatic carboxylic acids is 2. The molecule has 0 atom stereocenters. The molecule has 2 aromatic rings. The van der Waals surface area contributed by atoms with Gasteiger partial charge >= 0.3 is 11.9 Å². The Labute approximate surface area is 248 Å². The van der Waals surface area contributed by atoms with Crippen LogP contribution in [-0.4, -0.2) is 49.6 Å². The lowest BCUT2D eigenvalue weighted by Gasteiger charge is -2.02. The number of carboxylic acid groups (broad SMARTS) is 2. The summed E-state index contributed by atoms with van der Waals surface area (Å²) in [6, 6.07) is 0. The summed E-state index contributed by atoms with van der Waals surface area (Å²) in [4.78, 5) is 58.5. The summed E-state index contributed by atoms with van der Waals surface area (Å²) in [6.45, 7) is 14.8. The third-order valence-electron chi connectivity index (χ3n) is 7.89. The lowest BCUT2D eigenvalue weighted by atomic mass is 10.0. The summed E-state index contributed by atoms with van der Waals surface area (Å²) in [7, 11) is 0. The zero-order valence-corrected chi connectivity index (χ0v) is 24.6. The lowest BCUT2D eigenvalue weighted by molar-refractivity contribution is -0.138. The van der Waals surface area contributed by atoms with Crippen molar-refractivity contribution in [1.82, 2.24) is 15.3 Å². The monoisotopic (exact) mass is 582 g/mol. The van der Waals surface area contributed by atoms with Crippen LogP contribution in [0.4, 0.5) is 0 Å². The highest BCUT2D eigenvalue weighted by Gasteiger charge is 2.23. The van der Waals surface area contributed by atoms with E-state index in [9.17, 15) is 29.4 Å². The van der Waals surface area contributed by atoms with Crippen molar-refractivity contribution in [3.05, 3.63) is 97.6 Å². The van der Waals surface area contributed by atoms with Crippen molar-refractivity contribution in [2.45, 2.75) is 53.4 Å². The SMILES string of the molecule is C=CC1=C(C)C(C=c2[nH]c(=Cc3[nH]c(C=C4NC(=O)C(C=C)=C4C)c(C)c3CCC(=O)O)c(CCC(=O)O)c2C)=NC1=O. The van der Waals surface area contributed by atoms with Crippen molar-refractivity contribution >= 4 is 47.7 Å². The summed E-state index contributed by atoms with van der Waals surface area (Å²) in [5.41, 5.74) is 8.03. The van der Waals surface area contributed by atoms with Crippen molar-refractivity contribution in [3.63, 3.8) is 0 Å². The number of aliphatic imine (C=N–C) groups is 1. The van der Waals surface area contributed by atoms with E-state index in [4.69, 9.17) is 0 Å². The third-order valence-corrected chi connectivity index (χ3v) is 7.89. The van der Waals surface area contributed by atoms with E-state index in [-0.39, 0.29) is 37.5 Å². The summed E-state index contributed by atoms with van der Waals surface area (Å²) in [5, 5.41) is 23.0. The van der Waals surface area contributed by atoms with Crippen molar-refractivity contribution in [2.75, 3.05) is 0 Å². The molecule has 2 aromatic heterocycles. The normalized spacial score (nSPS) is 16.9. The first kappa shape index (κ1) is 30.7. The molecule has 0 radical (unpaired) electrons. The van der Waals surface area contributed by atoms with Gasteiger partial charge in [0, 0.05) is 51.8 Å². The van der Waals surface area contributed by atoms with Crippen molar-refractivity contribution in [3.8, 4) is 0 Å². The number of H-pyrrole nitrogens is 2. The molecular weight excluding hydrogens is 548 g/mol. The van der Waals surface area contributed by atoms with Crippen LogP contribution in [0, 0.1) is 13.8 Å². The maximum absolute atomic E-state index is 12.3. The molecule has 0 spiro atoms. The van der Waals surface area contributed by atoms with Crippen LogP contribution in [0.5, 0.6) is 0 Å². The molecule has 222 valence electrons. The minimum atomic E-state index is -0.940. The van der Waals surface area contributed by atoms with Gasteiger partial charge in [0.1, 0.15) is 0 Å². The average Bonchev–Trinajstić information content (AvgIpc) is 3.58. The van der Waals surface area contributed by atoms with Gasteiger partial charge in [0.25, 0.3) is 11.8 Å². The Hall–Kier alpha value is -5.25. The van der Waals surface area contributed by atoms with Crippen LogP contribution in [-0.2, 0) is 32.0 Å². The standard InChI is InChI=1S/C33H34N4O6/c1-7-20-16(3)26(36-32(20)42)13-24-18(5)22(9-11-30(38)39)28(34-24)15-29-23(10-12-31(40)41)19(6)25(35-29)14-27-17(4)21(8-2)33(43)37-27/h7-8,13-15,34-35H,1-2,9-12H2,3-6H3,(H,36,42)(H,38,39)(H,40,41). The molecule has 2 aliphatic rings. The number of nitrogens with one attached hydrogen (secondary N) is 3. The van der Waals surface area contributed by atoms with E-state index in [0.29, 0.717) is 50.2 Å². The van der Waals surface area contributed by atoms with Crippen LogP contribution in [0.2, 0.25) is 0 Å². The largest absolute Gasteiger partial charge is 0.481 e. The second kappa shape index (κ2) is 12.3. The third kappa shape index (κ3) is 6.18. The average molecular weight is 583 g/mol. The van der Waals surface area contributed by atoms with Crippen LogP contribution in [0.15, 0.2) is 58.3 Å². The van der Waals surface area contributed by atoms with Gasteiger partial charge in [-0.1, -0.05) is 25.3 Å². The van der Waals surface area contributed by atoms with E-state index in [1.54, 1.807) is 13.0 Å². The Morgan fingerprint density at radius 1 is 0.767 bits per heavy atom. The minimum Gasteiger partial charge on any atom is -0.481 e. The fourth-order valence-electron chi connectivity index (χ4n) is 5.35. The number of rotatable bonds is 11. The molecule has 4 heterocycles. The van der Waals surface area contributed by atoms with E-state index in [1.807, 2.05) is 32.9 Å². The summed E-state index contributed by atoms with van der Waals surface area (Å²) >= 11 is 0. The van der Waals surface area contributed by atoms with E-state index >= 15 is 0 Å². The van der Waals surface area contributed by atoms with E-state index in [1.165, 1.54) is 12.2 Å². The molecule has 2 aliphatic heterocycles. The van der Waals surface area contributed by atoms with E-state index in [2.05, 4.69) is 33.4 Å². The number of carbonyl (C=O) groups excluding carboxylic acids is 2. The number of hydrogen-bond donors (Lipinski definition) is 5. The number of aromatic amines is 2. The van der Waals surface area contributed by atoms with Crippen LogP contribution in [0.25, 0.3) is 18.2 Å². The van der Waals surface area contributed by atoms with Crippen LogP contribution in [0.1, 0.15) is 60.3 Å². The molecule has 0 fully saturated rings. The maximum Gasteiger partial charge on any atom is 0.303 e. The van der Waals surface area contributed by atoms with Gasteiger partial charge in [-0.3, -0.25) is 19.2 Å². The van der Waals surface area contributed by atoms with Gasteiger partial charge in [0.05, 0.1) is 5.71 Å². The van der Waals surface area contributed by atoms with Crippen LogP contribution >= 0.6 is 0 Å². The number of hydrogen-bond acceptors (Lipinski definition) is 4. The highest BCUT2D eigenvalue weighted by atomic mass is 16.4.